The Kier molecular flexibility index (Phi) is 6.93. The van der Waals surface area contributed by atoms with E-state index in [4.69, 9.17) is 30.6 Å². The number of rotatable bonds is 6. The molecule has 0 fully saturated rings. The van der Waals surface area contributed by atoms with Crippen molar-refractivity contribution in [1.29, 1.82) is 0 Å². The number of allylic oxidation sites excluding steroid dienone is 2. The van der Waals surface area contributed by atoms with Crippen molar-refractivity contribution in [3.05, 3.63) is 71.5 Å². The zero-order valence-corrected chi connectivity index (χ0v) is 21.2. The first kappa shape index (κ1) is 24.3. The second kappa shape index (κ2) is 10.3. The Hall–Kier alpha value is -3.43. The number of imidazole rings is 1. The molecule has 0 radical (unpaired) electrons. The number of aromatic nitrogens is 4. The van der Waals surface area contributed by atoms with Gasteiger partial charge in [0.1, 0.15) is 18.1 Å². The lowest BCUT2D eigenvalue weighted by Gasteiger charge is -2.27. The van der Waals surface area contributed by atoms with Gasteiger partial charge in [0.05, 0.1) is 24.1 Å². The minimum Gasteiger partial charge on any atom is -0.445 e. The summed E-state index contributed by atoms with van der Waals surface area (Å²) in [5, 5.41) is 3.81. The van der Waals surface area contributed by atoms with E-state index >= 15 is 0 Å². The highest BCUT2D eigenvalue weighted by Gasteiger charge is 2.29. The maximum absolute atomic E-state index is 12.6. The molecular formula is C26H28ClN5O4. The Morgan fingerprint density at radius 2 is 2.03 bits per heavy atom. The molecule has 0 bridgehead atoms. The van der Waals surface area contributed by atoms with E-state index in [0.29, 0.717) is 37.0 Å². The average molecular weight is 510 g/mol. The van der Waals surface area contributed by atoms with Crippen LogP contribution in [0.2, 0.25) is 0 Å². The monoisotopic (exact) mass is 509 g/mol. The van der Waals surface area contributed by atoms with Gasteiger partial charge in [0.2, 0.25) is 5.82 Å². The smallest absolute Gasteiger partial charge is 0.410 e. The molecule has 2 unspecified atom stereocenters. The van der Waals surface area contributed by atoms with E-state index in [1.165, 1.54) is 0 Å². The van der Waals surface area contributed by atoms with Gasteiger partial charge in [-0.1, -0.05) is 53.7 Å². The Morgan fingerprint density at radius 1 is 1.22 bits per heavy atom. The lowest BCUT2D eigenvalue weighted by atomic mass is 10.0. The zero-order valence-electron chi connectivity index (χ0n) is 20.4. The Labute approximate surface area is 214 Å². The van der Waals surface area contributed by atoms with Crippen molar-refractivity contribution in [2.75, 3.05) is 6.54 Å². The van der Waals surface area contributed by atoms with Gasteiger partial charge in [0.25, 0.3) is 5.89 Å². The summed E-state index contributed by atoms with van der Waals surface area (Å²) in [6.07, 6.45) is 5.18. The van der Waals surface area contributed by atoms with E-state index in [1.54, 1.807) is 4.90 Å². The molecule has 5 rings (SSSR count). The number of amides is 1. The third-order valence-corrected chi connectivity index (χ3v) is 6.50. The van der Waals surface area contributed by atoms with E-state index < -0.39 is 0 Å². The van der Waals surface area contributed by atoms with Crippen molar-refractivity contribution in [2.45, 2.75) is 58.1 Å². The quantitative estimate of drug-likeness (QED) is 0.442. The number of benzene rings is 1. The number of alkyl halides is 1. The molecule has 0 spiro atoms. The standard InChI is InChI=1S/C26H28ClN5O4/c1-16(2)35-21-10-9-19(13-20(21)27)24-29-25(36-30-24)23-17(3)32-12-11-31(14-22(32)28-23)26(33)34-15-18-7-5-4-6-8-18/h4-10,13,16,20-21H,11-12,14-15H2,1-3H3. The van der Waals surface area contributed by atoms with Gasteiger partial charge in [0, 0.05) is 24.4 Å². The minimum atomic E-state index is -0.362. The summed E-state index contributed by atoms with van der Waals surface area (Å²) in [6, 6.07) is 9.61. The van der Waals surface area contributed by atoms with Gasteiger partial charge in [0.15, 0.2) is 0 Å². The second-order valence-electron chi connectivity index (χ2n) is 9.07. The molecule has 0 N–H and O–H groups in total. The summed E-state index contributed by atoms with van der Waals surface area (Å²) in [4.78, 5) is 23.6. The van der Waals surface area contributed by atoms with Crippen molar-refractivity contribution in [3.63, 3.8) is 0 Å². The highest BCUT2D eigenvalue weighted by molar-refractivity contribution is 6.23. The fourth-order valence-electron chi connectivity index (χ4n) is 4.30. The van der Waals surface area contributed by atoms with Crippen molar-refractivity contribution in [1.82, 2.24) is 24.6 Å². The molecule has 9 nitrogen and oxygen atoms in total. The second-order valence-corrected chi connectivity index (χ2v) is 9.58. The summed E-state index contributed by atoms with van der Waals surface area (Å²) >= 11 is 6.49. The zero-order chi connectivity index (χ0) is 25.2. The normalized spacial score (nSPS) is 19.4. The fourth-order valence-corrected chi connectivity index (χ4v) is 4.58. The number of ether oxygens (including phenoxy) is 2. The third-order valence-electron chi connectivity index (χ3n) is 6.12. The number of hydrogen-bond acceptors (Lipinski definition) is 7. The van der Waals surface area contributed by atoms with Gasteiger partial charge in [-0.15, -0.1) is 11.6 Å². The number of fused-ring (bicyclic) bond motifs is 1. The molecule has 2 atom stereocenters. The van der Waals surface area contributed by atoms with Gasteiger partial charge in [-0.25, -0.2) is 9.78 Å². The highest BCUT2D eigenvalue weighted by atomic mass is 35.5. The minimum absolute atomic E-state index is 0.0733. The third kappa shape index (κ3) is 5.08. The molecule has 1 aliphatic carbocycles. The van der Waals surface area contributed by atoms with Crippen LogP contribution in [0, 0.1) is 6.92 Å². The fraction of sp³-hybridized carbons (Fsp3) is 0.385. The molecule has 2 aromatic heterocycles. The average Bonchev–Trinajstić information content (AvgIpc) is 3.49. The van der Waals surface area contributed by atoms with E-state index in [0.717, 1.165) is 22.7 Å². The maximum atomic E-state index is 12.6. The largest absolute Gasteiger partial charge is 0.445 e. The molecule has 36 heavy (non-hydrogen) atoms. The lowest BCUT2D eigenvalue weighted by Crippen LogP contribution is -2.38. The maximum Gasteiger partial charge on any atom is 0.410 e. The van der Waals surface area contributed by atoms with Crippen LogP contribution in [0.4, 0.5) is 4.79 Å². The molecule has 3 heterocycles. The SMILES string of the molecule is Cc1c(-c2nc(C3=CC(Cl)C(OC(C)C)C=C3)no2)nc2n1CCN(C(=O)OCc1ccccc1)C2. The van der Waals surface area contributed by atoms with E-state index in [1.807, 2.05) is 69.3 Å². The predicted molar refractivity (Wildman–Crippen MR) is 134 cm³/mol. The molecular weight excluding hydrogens is 482 g/mol. The lowest BCUT2D eigenvalue weighted by molar-refractivity contribution is 0.0388. The van der Waals surface area contributed by atoms with Crippen LogP contribution in [0.3, 0.4) is 0 Å². The van der Waals surface area contributed by atoms with Crippen molar-refractivity contribution >= 4 is 23.3 Å². The van der Waals surface area contributed by atoms with Crippen LogP contribution in [0.15, 0.2) is 53.1 Å². The van der Waals surface area contributed by atoms with Crippen molar-refractivity contribution < 1.29 is 18.8 Å². The van der Waals surface area contributed by atoms with Gasteiger partial charge < -0.3 is 18.6 Å². The van der Waals surface area contributed by atoms with Crippen LogP contribution in [0.5, 0.6) is 0 Å². The number of halogens is 1. The van der Waals surface area contributed by atoms with Crippen molar-refractivity contribution in [3.8, 4) is 11.6 Å². The van der Waals surface area contributed by atoms with Gasteiger partial charge in [-0.05, 0) is 26.3 Å². The van der Waals surface area contributed by atoms with Crippen molar-refractivity contribution in [2.24, 2.45) is 0 Å². The number of carbonyl (C=O) groups is 1. The van der Waals surface area contributed by atoms with Crippen LogP contribution in [0.1, 0.15) is 36.8 Å². The van der Waals surface area contributed by atoms with Gasteiger partial charge in [-0.2, -0.15) is 4.98 Å². The van der Waals surface area contributed by atoms with Gasteiger partial charge in [-0.3, -0.25) is 4.90 Å². The molecule has 1 aromatic carbocycles. The molecule has 10 heteroatoms. The first-order valence-electron chi connectivity index (χ1n) is 11.9. The number of nitrogens with zero attached hydrogens (tertiary/aromatic N) is 5. The van der Waals surface area contributed by atoms with Crippen LogP contribution < -0.4 is 0 Å². The molecule has 1 amide bonds. The summed E-state index contributed by atoms with van der Waals surface area (Å²) in [5.74, 6) is 1.51. The van der Waals surface area contributed by atoms with Crippen LogP contribution in [-0.4, -0.2) is 54.8 Å². The summed E-state index contributed by atoms with van der Waals surface area (Å²) in [5.41, 5.74) is 3.22. The van der Waals surface area contributed by atoms with E-state index in [-0.39, 0.29) is 30.3 Å². The van der Waals surface area contributed by atoms with E-state index in [2.05, 4.69) is 14.7 Å². The molecule has 2 aliphatic rings. The molecule has 3 aromatic rings. The summed E-state index contributed by atoms with van der Waals surface area (Å²) < 4.78 is 18.9. The topological polar surface area (TPSA) is 95.5 Å². The molecule has 1 aliphatic heterocycles. The Bertz CT molecular complexity index is 1300. The first-order chi connectivity index (χ1) is 17.4. The summed E-state index contributed by atoms with van der Waals surface area (Å²) in [7, 11) is 0. The highest BCUT2D eigenvalue weighted by Crippen LogP contribution is 2.29. The molecule has 0 saturated heterocycles. The Morgan fingerprint density at radius 3 is 2.78 bits per heavy atom. The van der Waals surface area contributed by atoms with Crippen LogP contribution in [-0.2, 0) is 29.2 Å². The first-order valence-corrected chi connectivity index (χ1v) is 12.4. The molecule has 0 saturated carbocycles. The summed E-state index contributed by atoms with van der Waals surface area (Å²) in [6.45, 7) is 7.62. The van der Waals surface area contributed by atoms with Crippen LogP contribution in [0.25, 0.3) is 17.2 Å². The molecule has 188 valence electrons. The predicted octanol–water partition coefficient (Wildman–Crippen LogP) is 4.75. The Balaban J connectivity index is 1.27. The van der Waals surface area contributed by atoms with Crippen LogP contribution >= 0.6 is 11.6 Å². The van der Waals surface area contributed by atoms with E-state index in [9.17, 15) is 4.79 Å². The number of carbonyl (C=O) groups excluding carboxylic acids is 1. The number of hydrogen-bond donors (Lipinski definition) is 0. The van der Waals surface area contributed by atoms with Gasteiger partial charge >= 0.3 is 6.09 Å².